The topological polar surface area (TPSA) is 62.5 Å². The largest absolute Gasteiger partial charge is 0.475 e. The number of carbonyl (C=O) groups is 1. The molecule has 1 aromatic rings. The van der Waals surface area contributed by atoms with E-state index in [0.29, 0.717) is 23.9 Å². The van der Waals surface area contributed by atoms with Gasteiger partial charge in [0.05, 0.1) is 6.54 Å². The zero-order valence-corrected chi connectivity index (χ0v) is 9.45. The zero-order valence-electron chi connectivity index (χ0n) is 9.45. The number of nitrogens with one attached hydrogen (secondary N) is 1. The van der Waals surface area contributed by atoms with E-state index >= 15 is 0 Å². The molecule has 0 bridgehead atoms. The van der Waals surface area contributed by atoms with Crippen molar-refractivity contribution in [3.05, 3.63) is 23.2 Å². The lowest BCUT2D eigenvalue weighted by atomic mass is 10.2. The van der Waals surface area contributed by atoms with Gasteiger partial charge in [-0.05, 0) is 25.8 Å². The molecule has 1 heterocycles. The molecule has 0 saturated heterocycles. The zero-order chi connectivity index (χ0) is 11.5. The van der Waals surface area contributed by atoms with Crippen LogP contribution >= 0.6 is 0 Å². The van der Waals surface area contributed by atoms with E-state index in [-0.39, 0.29) is 5.76 Å². The first kappa shape index (κ1) is 11.2. The molecular formula is C12H17NO3. The van der Waals surface area contributed by atoms with Crippen molar-refractivity contribution in [3.63, 3.8) is 0 Å². The fourth-order valence-corrected chi connectivity index (χ4v) is 2.22. The summed E-state index contributed by atoms with van der Waals surface area (Å²) < 4.78 is 5.27. The molecule has 0 unspecified atom stereocenters. The van der Waals surface area contributed by atoms with Crippen LogP contribution in [0.3, 0.4) is 0 Å². The maximum atomic E-state index is 10.8. The first-order chi connectivity index (χ1) is 7.66. The van der Waals surface area contributed by atoms with Gasteiger partial charge in [0.2, 0.25) is 5.76 Å². The summed E-state index contributed by atoms with van der Waals surface area (Å²) >= 11 is 0. The maximum Gasteiger partial charge on any atom is 0.372 e. The Morgan fingerprint density at radius 2 is 2.25 bits per heavy atom. The predicted molar refractivity (Wildman–Crippen MR) is 59.5 cm³/mol. The minimum absolute atomic E-state index is 0.0585. The van der Waals surface area contributed by atoms with E-state index in [0.717, 1.165) is 0 Å². The molecule has 0 spiro atoms. The number of carboxylic acid groups (broad SMARTS) is 1. The molecular weight excluding hydrogens is 206 g/mol. The van der Waals surface area contributed by atoms with Gasteiger partial charge in [-0.15, -0.1) is 0 Å². The van der Waals surface area contributed by atoms with Crippen molar-refractivity contribution in [1.82, 2.24) is 5.32 Å². The summed E-state index contributed by atoms with van der Waals surface area (Å²) in [6, 6.07) is 2.37. The van der Waals surface area contributed by atoms with Crippen molar-refractivity contribution < 1.29 is 14.3 Å². The van der Waals surface area contributed by atoms with Crippen LogP contribution in [0.4, 0.5) is 0 Å². The predicted octanol–water partition coefficient (Wildman–Crippen LogP) is 2.32. The first-order valence-corrected chi connectivity index (χ1v) is 5.73. The minimum atomic E-state index is -0.996. The molecule has 1 aromatic heterocycles. The number of hydrogen-bond donors (Lipinski definition) is 2. The van der Waals surface area contributed by atoms with Crippen molar-refractivity contribution in [2.45, 2.75) is 45.2 Å². The summed E-state index contributed by atoms with van der Waals surface area (Å²) in [7, 11) is 0. The third kappa shape index (κ3) is 2.44. The second-order valence-electron chi connectivity index (χ2n) is 4.39. The van der Waals surface area contributed by atoms with E-state index in [4.69, 9.17) is 9.52 Å². The Balaban J connectivity index is 1.94. The molecule has 1 aliphatic carbocycles. The molecule has 0 radical (unpaired) electrons. The molecule has 0 atom stereocenters. The van der Waals surface area contributed by atoms with Gasteiger partial charge in [0.1, 0.15) is 5.76 Å². The molecule has 0 amide bonds. The van der Waals surface area contributed by atoms with Gasteiger partial charge in [0.25, 0.3) is 0 Å². The molecule has 0 aromatic carbocycles. The number of hydrogen-bond acceptors (Lipinski definition) is 3. The van der Waals surface area contributed by atoms with Gasteiger partial charge in [-0.3, -0.25) is 0 Å². The van der Waals surface area contributed by atoms with Gasteiger partial charge in [-0.25, -0.2) is 4.79 Å². The van der Waals surface area contributed by atoms with Crippen LogP contribution in [0.25, 0.3) is 0 Å². The maximum absolute atomic E-state index is 10.8. The van der Waals surface area contributed by atoms with Gasteiger partial charge >= 0.3 is 5.97 Å². The molecule has 2 N–H and O–H groups in total. The molecule has 4 heteroatoms. The molecule has 1 fully saturated rings. The second-order valence-corrected chi connectivity index (χ2v) is 4.39. The normalized spacial score (nSPS) is 16.8. The van der Waals surface area contributed by atoms with Crippen molar-refractivity contribution in [2.75, 3.05) is 0 Å². The summed E-state index contributed by atoms with van der Waals surface area (Å²) in [5.74, 6) is -0.227. The average molecular weight is 223 g/mol. The lowest BCUT2D eigenvalue weighted by molar-refractivity contribution is 0.0659. The average Bonchev–Trinajstić information content (AvgIpc) is 2.83. The number of carboxylic acids is 1. The molecule has 1 aliphatic rings. The quantitative estimate of drug-likeness (QED) is 0.822. The van der Waals surface area contributed by atoms with Crippen molar-refractivity contribution in [1.29, 1.82) is 0 Å². The van der Waals surface area contributed by atoms with Crippen LogP contribution in [0.2, 0.25) is 0 Å². The minimum Gasteiger partial charge on any atom is -0.475 e. The molecule has 0 aliphatic heterocycles. The molecule has 16 heavy (non-hydrogen) atoms. The first-order valence-electron chi connectivity index (χ1n) is 5.73. The number of furan rings is 1. The van der Waals surface area contributed by atoms with Crippen LogP contribution in [-0.4, -0.2) is 17.1 Å². The van der Waals surface area contributed by atoms with E-state index in [9.17, 15) is 4.79 Å². The Kier molecular flexibility index (Phi) is 3.29. The van der Waals surface area contributed by atoms with Gasteiger partial charge in [-0.2, -0.15) is 0 Å². The van der Waals surface area contributed by atoms with Gasteiger partial charge in [-0.1, -0.05) is 12.8 Å². The van der Waals surface area contributed by atoms with Gasteiger partial charge in [0.15, 0.2) is 0 Å². The van der Waals surface area contributed by atoms with Crippen LogP contribution in [0.15, 0.2) is 10.5 Å². The van der Waals surface area contributed by atoms with Crippen LogP contribution < -0.4 is 5.32 Å². The van der Waals surface area contributed by atoms with Crippen LogP contribution in [0.1, 0.15) is 47.6 Å². The lowest BCUT2D eigenvalue weighted by Gasteiger charge is -2.09. The lowest BCUT2D eigenvalue weighted by Crippen LogP contribution is -2.24. The van der Waals surface area contributed by atoms with Gasteiger partial charge in [0, 0.05) is 11.6 Å². The van der Waals surface area contributed by atoms with Gasteiger partial charge < -0.3 is 14.8 Å². The Hall–Kier alpha value is -1.29. The third-order valence-electron chi connectivity index (χ3n) is 3.08. The monoisotopic (exact) mass is 223 g/mol. The summed E-state index contributed by atoms with van der Waals surface area (Å²) in [5.41, 5.74) is 0.690. The van der Waals surface area contributed by atoms with E-state index in [1.165, 1.54) is 25.7 Å². The Morgan fingerprint density at radius 1 is 1.56 bits per heavy atom. The van der Waals surface area contributed by atoms with E-state index in [1.807, 2.05) is 0 Å². The van der Waals surface area contributed by atoms with Crippen molar-refractivity contribution in [3.8, 4) is 0 Å². The molecule has 1 saturated carbocycles. The van der Waals surface area contributed by atoms with Crippen LogP contribution in [0.5, 0.6) is 0 Å². The highest BCUT2D eigenvalue weighted by molar-refractivity contribution is 5.86. The Labute approximate surface area is 94.6 Å². The third-order valence-corrected chi connectivity index (χ3v) is 3.08. The van der Waals surface area contributed by atoms with Crippen molar-refractivity contribution in [2.24, 2.45) is 0 Å². The second kappa shape index (κ2) is 4.70. The fourth-order valence-electron chi connectivity index (χ4n) is 2.22. The van der Waals surface area contributed by atoms with Crippen molar-refractivity contribution >= 4 is 5.97 Å². The van der Waals surface area contributed by atoms with E-state index in [1.54, 1.807) is 13.0 Å². The number of rotatable bonds is 4. The highest BCUT2D eigenvalue weighted by Gasteiger charge is 2.17. The summed E-state index contributed by atoms with van der Waals surface area (Å²) in [5, 5.41) is 12.2. The molecule has 2 rings (SSSR count). The number of aromatic carboxylic acids is 1. The van der Waals surface area contributed by atoms with Crippen LogP contribution in [0, 0.1) is 6.92 Å². The van der Waals surface area contributed by atoms with E-state index in [2.05, 4.69) is 5.32 Å². The van der Waals surface area contributed by atoms with E-state index < -0.39 is 5.97 Å². The summed E-state index contributed by atoms with van der Waals surface area (Å²) in [4.78, 5) is 10.8. The molecule has 88 valence electrons. The SMILES string of the molecule is Cc1cc(CNC2CCCC2)oc1C(=O)O. The highest BCUT2D eigenvalue weighted by atomic mass is 16.4. The Morgan fingerprint density at radius 3 is 2.81 bits per heavy atom. The summed E-state index contributed by atoms with van der Waals surface area (Å²) in [6.07, 6.45) is 5.00. The fraction of sp³-hybridized carbons (Fsp3) is 0.583. The highest BCUT2D eigenvalue weighted by Crippen LogP contribution is 2.19. The summed E-state index contributed by atoms with van der Waals surface area (Å²) in [6.45, 7) is 2.38. The molecule has 4 nitrogen and oxygen atoms in total. The smallest absolute Gasteiger partial charge is 0.372 e. The van der Waals surface area contributed by atoms with Crippen LogP contribution in [-0.2, 0) is 6.54 Å². The standard InChI is InChI=1S/C12H17NO3/c1-8-6-10(16-11(8)12(14)15)7-13-9-4-2-3-5-9/h6,9,13H,2-5,7H2,1H3,(H,14,15). The number of aryl methyl sites for hydroxylation is 1. The Bertz CT molecular complexity index is 378.